The van der Waals surface area contributed by atoms with Crippen LogP contribution in [-0.2, 0) is 13.1 Å². The molecule has 6 heterocycles. The number of halogens is 1. The van der Waals surface area contributed by atoms with Crippen LogP contribution < -0.4 is 16.7 Å². The quantitative estimate of drug-likeness (QED) is 0.112. The highest BCUT2D eigenvalue weighted by atomic mass is 79.9. The van der Waals surface area contributed by atoms with E-state index >= 15 is 0 Å². The normalized spacial score (nSPS) is 10.8. The van der Waals surface area contributed by atoms with E-state index in [4.69, 9.17) is 10.0 Å². The van der Waals surface area contributed by atoms with Crippen molar-refractivity contribution < 1.29 is 10.0 Å². The summed E-state index contributed by atoms with van der Waals surface area (Å²) in [7, 11) is -1.43. The molecule has 0 aliphatic rings. The molecule has 0 radical (unpaired) electrons. The minimum absolute atomic E-state index is 0.0508. The third kappa shape index (κ3) is 7.58. The van der Waals surface area contributed by atoms with E-state index in [1.54, 1.807) is 27.5 Å². The number of pyridine rings is 2. The van der Waals surface area contributed by atoms with Crippen LogP contribution >= 0.6 is 39.5 Å². The fourth-order valence-electron chi connectivity index (χ4n) is 4.47. The van der Waals surface area contributed by atoms with Crippen molar-refractivity contribution in [2.75, 3.05) is 12.5 Å². The molecule has 0 aliphatic heterocycles. The summed E-state index contributed by atoms with van der Waals surface area (Å²) in [5.41, 5.74) is 4.63. The lowest BCUT2D eigenvalue weighted by atomic mass is 9.87. The molecule has 0 saturated heterocycles. The highest BCUT2D eigenvalue weighted by molar-refractivity contribution is 9.10. The van der Waals surface area contributed by atoms with E-state index in [1.807, 2.05) is 46.3 Å². The molecule has 0 fully saturated rings. The molecule has 6 aromatic rings. The van der Waals surface area contributed by atoms with Gasteiger partial charge >= 0.3 is 7.12 Å². The Balaban J connectivity index is 0.000000172. The molecule has 0 amide bonds. The summed E-state index contributed by atoms with van der Waals surface area (Å²) in [4.78, 5) is 42.4. The van der Waals surface area contributed by atoms with Crippen LogP contribution in [0.4, 0.5) is 0 Å². The molecule has 0 spiro atoms. The first-order chi connectivity index (χ1) is 22.0. The maximum Gasteiger partial charge on any atom is 0.507 e. The summed E-state index contributed by atoms with van der Waals surface area (Å²) < 4.78 is 3.89. The van der Waals surface area contributed by atoms with Gasteiger partial charge in [0.1, 0.15) is 11.3 Å². The second kappa shape index (κ2) is 15.6. The van der Waals surface area contributed by atoms with E-state index in [9.17, 15) is 9.59 Å². The van der Waals surface area contributed by atoms with Crippen LogP contribution in [0, 0.1) is 13.8 Å². The van der Waals surface area contributed by atoms with Gasteiger partial charge in [0.2, 0.25) is 0 Å². The van der Waals surface area contributed by atoms with Crippen molar-refractivity contribution >= 4 is 74.2 Å². The molecule has 4 N–H and O–H groups in total. The summed E-state index contributed by atoms with van der Waals surface area (Å²) in [5.74, 6) is 0. The molecule has 0 unspecified atom stereocenters. The molecule has 14 nitrogen and oxygen atoms in total. The molecular weight excluding hydrogens is 695 g/mol. The van der Waals surface area contributed by atoms with Crippen molar-refractivity contribution in [1.82, 2.24) is 49.5 Å². The standard InChI is InChI=1S/C14H15N5OS.C11H12BrN3OS.C3H5BN2O2/c1-4-19-12-9(8(2)16-14(17-12)21-3)7-10(13(19)20)11-5-6-15-18-11;1-4-15-9-7(5-8(12)10(15)16)6(2)13-11(14-9)17-3;7-4(8)3-1-2-5-6-3/h5-7H,4H2,1-3H3,(H,15,18);5H,4H2,1-3H3;1-2,7-8H,(H,5,6). The lowest BCUT2D eigenvalue weighted by Crippen LogP contribution is -2.30. The average Bonchev–Trinajstić information content (AvgIpc) is 3.78. The minimum atomic E-state index is -1.43. The van der Waals surface area contributed by atoms with Crippen molar-refractivity contribution in [3.63, 3.8) is 0 Å². The van der Waals surface area contributed by atoms with Gasteiger partial charge in [-0.3, -0.25) is 28.9 Å². The second-order valence-electron chi connectivity index (χ2n) is 9.57. The number of thioether (sulfide) groups is 2. The Bertz CT molecular complexity index is 2070. The van der Waals surface area contributed by atoms with Crippen LogP contribution in [0.5, 0.6) is 0 Å². The Kier molecular flexibility index (Phi) is 11.9. The van der Waals surface area contributed by atoms with E-state index in [0.717, 1.165) is 22.2 Å². The number of aromatic amines is 2. The second-order valence-corrected chi connectivity index (χ2v) is 12.0. The van der Waals surface area contributed by atoms with Gasteiger partial charge in [-0.25, -0.2) is 19.9 Å². The summed E-state index contributed by atoms with van der Waals surface area (Å²) in [6.45, 7) is 8.89. The Hall–Kier alpha value is -3.84. The summed E-state index contributed by atoms with van der Waals surface area (Å²) in [6, 6.07) is 6.92. The van der Waals surface area contributed by atoms with Gasteiger partial charge in [-0.2, -0.15) is 10.2 Å². The van der Waals surface area contributed by atoms with E-state index in [2.05, 4.69) is 56.3 Å². The van der Waals surface area contributed by atoms with E-state index in [-0.39, 0.29) is 11.1 Å². The van der Waals surface area contributed by atoms with Gasteiger partial charge in [-0.15, -0.1) is 0 Å². The van der Waals surface area contributed by atoms with Crippen LogP contribution in [0.25, 0.3) is 33.3 Å². The molecule has 240 valence electrons. The monoisotopic (exact) mass is 726 g/mol. The number of fused-ring (bicyclic) bond motifs is 2. The largest absolute Gasteiger partial charge is 0.507 e. The highest BCUT2D eigenvalue weighted by Gasteiger charge is 2.15. The number of nitrogens with one attached hydrogen (secondary N) is 2. The van der Waals surface area contributed by atoms with Crippen molar-refractivity contribution in [1.29, 1.82) is 0 Å². The zero-order valence-electron chi connectivity index (χ0n) is 25.9. The maximum atomic E-state index is 12.7. The Morgan fingerprint density at radius 3 is 1.76 bits per heavy atom. The van der Waals surface area contributed by atoms with E-state index < -0.39 is 7.12 Å². The van der Waals surface area contributed by atoms with Crippen molar-refractivity contribution in [3.05, 3.63) is 73.2 Å². The first kappa shape index (κ1) is 35.0. The summed E-state index contributed by atoms with van der Waals surface area (Å²) >= 11 is 6.23. The Morgan fingerprint density at radius 2 is 1.33 bits per heavy atom. The van der Waals surface area contributed by atoms with Crippen LogP contribution in [0.1, 0.15) is 25.2 Å². The number of hydrogen-bond donors (Lipinski definition) is 4. The maximum absolute atomic E-state index is 12.7. The van der Waals surface area contributed by atoms with Crippen molar-refractivity contribution in [2.24, 2.45) is 0 Å². The average molecular weight is 727 g/mol. The van der Waals surface area contributed by atoms with Gasteiger partial charge in [0.25, 0.3) is 11.1 Å². The zero-order valence-corrected chi connectivity index (χ0v) is 29.2. The zero-order chi connectivity index (χ0) is 33.5. The molecule has 46 heavy (non-hydrogen) atoms. The number of aryl methyl sites for hydroxylation is 4. The van der Waals surface area contributed by atoms with Gasteiger partial charge in [0.15, 0.2) is 10.3 Å². The number of H-pyrrole nitrogens is 2. The first-order valence-electron chi connectivity index (χ1n) is 14.0. The Morgan fingerprint density at radius 1 is 0.804 bits per heavy atom. The number of nitrogens with zero attached hydrogens (tertiary/aromatic N) is 8. The molecule has 0 aliphatic carbocycles. The fourth-order valence-corrected chi connectivity index (χ4v) is 5.73. The number of hydrogen-bond acceptors (Lipinski definition) is 12. The number of aromatic nitrogens is 10. The lowest BCUT2D eigenvalue weighted by molar-refractivity contribution is 0.424. The molecule has 6 rings (SSSR count). The Labute approximate surface area is 280 Å². The lowest BCUT2D eigenvalue weighted by Gasteiger charge is -2.12. The molecule has 18 heteroatoms. The van der Waals surface area contributed by atoms with Crippen LogP contribution in [0.3, 0.4) is 0 Å². The van der Waals surface area contributed by atoms with Gasteiger partial charge in [0.05, 0.1) is 32.7 Å². The topological polar surface area (TPSA) is 193 Å². The molecule has 6 aromatic heterocycles. The van der Waals surface area contributed by atoms with Gasteiger partial charge < -0.3 is 10.0 Å². The third-order valence-corrected chi connectivity index (χ3v) is 8.44. The van der Waals surface area contributed by atoms with Crippen molar-refractivity contribution in [3.8, 4) is 11.3 Å². The molecule has 0 atom stereocenters. The molecular formula is C28H32BBrN10O4S2. The van der Waals surface area contributed by atoms with E-state index in [0.29, 0.717) is 56.0 Å². The van der Waals surface area contributed by atoms with Crippen LogP contribution in [0.2, 0.25) is 0 Å². The van der Waals surface area contributed by atoms with Crippen LogP contribution in [0.15, 0.2) is 61.0 Å². The summed E-state index contributed by atoms with van der Waals surface area (Å²) in [6.07, 6.45) is 6.94. The SMILES string of the molecule is CCn1c(=O)c(-c2ccn[nH]2)cc2c(C)nc(SC)nc21.CCn1c(=O)c(Br)cc2c(C)nc(SC)nc21.OB(O)c1ccn[nH]1. The highest BCUT2D eigenvalue weighted by Crippen LogP contribution is 2.23. The van der Waals surface area contributed by atoms with Gasteiger partial charge in [-0.05, 0) is 80.4 Å². The van der Waals surface area contributed by atoms with E-state index in [1.165, 1.54) is 35.8 Å². The summed E-state index contributed by atoms with van der Waals surface area (Å²) in [5, 5.41) is 32.6. The number of rotatable bonds is 6. The van der Waals surface area contributed by atoms with Crippen molar-refractivity contribution in [2.45, 2.75) is 51.1 Å². The third-order valence-electron chi connectivity index (χ3n) is 6.78. The first-order valence-corrected chi connectivity index (χ1v) is 17.2. The molecule has 0 aromatic carbocycles. The van der Waals surface area contributed by atoms with Crippen LogP contribution in [-0.4, -0.2) is 79.1 Å². The van der Waals surface area contributed by atoms with Gasteiger partial charge in [0, 0.05) is 36.3 Å². The minimum Gasteiger partial charge on any atom is -0.422 e. The van der Waals surface area contributed by atoms with Gasteiger partial charge in [-0.1, -0.05) is 23.5 Å². The fraction of sp³-hybridized carbons (Fsp3) is 0.286. The molecule has 0 bridgehead atoms. The predicted molar refractivity (Wildman–Crippen MR) is 186 cm³/mol. The molecule has 0 saturated carbocycles. The smallest absolute Gasteiger partial charge is 0.422 e. The predicted octanol–water partition coefficient (Wildman–Crippen LogP) is 2.93.